The molecule has 0 radical (unpaired) electrons. The maximum atomic E-state index is 13.4. The summed E-state index contributed by atoms with van der Waals surface area (Å²) in [5, 5.41) is 7.79. The molecule has 6 nitrogen and oxygen atoms in total. The lowest BCUT2D eigenvalue weighted by molar-refractivity contribution is 0.203. The van der Waals surface area contributed by atoms with Crippen LogP contribution in [0, 0.1) is 12.7 Å². The number of aromatic nitrogens is 2. The summed E-state index contributed by atoms with van der Waals surface area (Å²) in [7, 11) is 0. The minimum atomic E-state index is -0.544. The van der Waals surface area contributed by atoms with E-state index in [-0.39, 0.29) is 18.4 Å². The van der Waals surface area contributed by atoms with Crippen LogP contribution in [-0.2, 0) is 6.54 Å². The van der Waals surface area contributed by atoms with Crippen LogP contribution in [-0.4, -0.2) is 21.1 Å². The Labute approximate surface area is 207 Å². The van der Waals surface area contributed by atoms with Gasteiger partial charge in [0, 0.05) is 16.3 Å². The van der Waals surface area contributed by atoms with Gasteiger partial charge < -0.3 is 9.84 Å². The standard InChI is InChI=1S/C27H22ClFN4O2/c1-16-6-10-19(11-7-16)25-31-26(35-32-25)23-17(2)33(15-18-8-12-22(29)13-9-18)27(34)30-24(23)20-4-3-5-21(28)14-20/h3-14,24H,15H2,1-2H3,(H,30,34). The highest BCUT2D eigenvalue weighted by atomic mass is 35.5. The lowest BCUT2D eigenvalue weighted by atomic mass is 9.94. The number of hydrogen-bond donors (Lipinski definition) is 1. The number of rotatable bonds is 5. The minimum Gasteiger partial charge on any atom is -0.334 e. The summed E-state index contributed by atoms with van der Waals surface area (Å²) in [6.07, 6.45) is 0. The van der Waals surface area contributed by atoms with Crippen molar-refractivity contribution in [1.82, 2.24) is 20.4 Å². The van der Waals surface area contributed by atoms with Crippen LogP contribution in [0.2, 0.25) is 5.02 Å². The number of benzene rings is 3. The van der Waals surface area contributed by atoms with Crippen molar-refractivity contribution in [3.8, 4) is 11.4 Å². The predicted octanol–water partition coefficient (Wildman–Crippen LogP) is 6.54. The molecule has 0 spiro atoms. The van der Waals surface area contributed by atoms with E-state index in [1.807, 2.05) is 50.2 Å². The summed E-state index contributed by atoms with van der Waals surface area (Å²) in [5.41, 5.74) is 4.85. The van der Waals surface area contributed by atoms with Gasteiger partial charge in [-0.25, -0.2) is 9.18 Å². The molecule has 8 heteroatoms. The molecule has 0 fully saturated rings. The fraction of sp³-hybridized carbons (Fsp3) is 0.148. The van der Waals surface area contributed by atoms with Gasteiger partial charge in [0.05, 0.1) is 18.2 Å². The molecule has 1 N–H and O–H groups in total. The zero-order valence-corrected chi connectivity index (χ0v) is 19.9. The summed E-state index contributed by atoms with van der Waals surface area (Å²) >= 11 is 6.26. The van der Waals surface area contributed by atoms with Gasteiger partial charge in [-0.3, -0.25) is 4.90 Å². The van der Waals surface area contributed by atoms with Gasteiger partial charge in [-0.2, -0.15) is 4.98 Å². The number of aryl methyl sites for hydroxylation is 1. The average molecular weight is 489 g/mol. The fourth-order valence-electron chi connectivity index (χ4n) is 4.11. The van der Waals surface area contributed by atoms with Crippen molar-refractivity contribution >= 4 is 23.2 Å². The van der Waals surface area contributed by atoms with Crippen molar-refractivity contribution in [3.05, 3.63) is 112 Å². The number of urea groups is 1. The second-order valence-corrected chi connectivity index (χ2v) is 8.87. The monoisotopic (exact) mass is 488 g/mol. The fourth-order valence-corrected chi connectivity index (χ4v) is 4.31. The quantitative estimate of drug-likeness (QED) is 0.346. The number of carbonyl (C=O) groups is 1. The molecule has 2 amide bonds. The third kappa shape index (κ3) is 4.68. The van der Waals surface area contributed by atoms with Crippen molar-refractivity contribution in [2.75, 3.05) is 0 Å². The molecule has 0 aliphatic carbocycles. The van der Waals surface area contributed by atoms with Gasteiger partial charge in [-0.15, -0.1) is 0 Å². The van der Waals surface area contributed by atoms with Gasteiger partial charge in [0.15, 0.2) is 0 Å². The van der Waals surface area contributed by atoms with Crippen LogP contribution in [0.25, 0.3) is 17.0 Å². The molecule has 35 heavy (non-hydrogen) atoms. The van der Waals surface area contributed by atoms with Crippen molar-refractivity contribution in [1.29, 1.82) is 0 Å². The van der Waals surface area contributed by atoms with E-state index in [0.29, 0.717) is 28.0 Å². The summed E-state index contributed by atoms with van der Waals surface area (Å²) in [6, 6.07) is 20.3. The molecule has 0 saturated carbocycles. The zero-order chi connectivity index (χ0) is 24.5. The number of nitrogens with zero attached hydrogens (tertiary/aromatic N) is 3. The van der Waals surface area contributed by atoms with Crippen molar-refractivity contribution in [2.45, 2.75) is 26.4 Å². The number of amides is 2. The molecule has 2 heterocycles. The number of halogens is 2. The Balaban J connectivity index is 1.59. The molecule has 1 aromatic heterocycles. The van der Waals surface area contributed by atoms with Gasteiger partial charge >= 0.3 is 6.03 Å². The molecule has 176 valence electrons. The Morgan fingerprint density at radius 3 is 2.51 bits per heavy atom. The number of carbonyl (C=O) groups excluding carboxylic acids is 1. The topological polar surface area (TPSA) is 71.3 Å². The molecular weight excluding hydrogens is 467 g/mol. The summed E-state index contributed by atoms with van der Waals surface area (Å²) in [5.74, 6) is 0.416. The van der Waals surface area contributed by atoms with Crippen LogP contribution in [0.4, 0.5) is 9.18 Å². The van der Waals surface area contributed by atoms with Crippen LogP contribution >= 0.6 is 11.6 Å². The van der Waals surface area contributed by atoms with Gasteiger partial charge in [0.2, 0.25) is 5.82 Å². The van der Waals surface area contributed by atoms with Crippen molar-refractivity contribution in [2.24, 2.45) is 0 Å². The van der Waals surface area contributed by atoms with Crippen molar-refractivity contribution in [3.63, 3.8) is 0 Å². The van der Waals surface area contributed by atoms with Crippen molar-refractivity contribution < 1.29 is 13.7 Å². The first-order chi connectivity index (χ1) is 16.9. The molecule has 1 unspecified atom stereocenters. The highest BCUT2D eigenvalue weighted by Gasteiger charge is 2.36. The first-order valence-electron chi connectivity index (χ1n) is 11.1. The van der Waals surface area contributed by atoms with E-state index in [1.165, 1.54) is 12.1 Å². The Hall–Kier alpha value is -3.97. The zero-order valence-electron chi connectivity index (χ0n) is 19.1. The number of nitrogens with one attached hydrogen (secondary N) is 1. The Morgan fingerprint density at radius 2 is 1.80 bits per heavy atom. The molecule has 1 aliphatic heterocycles. The van der Waals surface area contributed by atoms with E-state index in [2.05, 4.69) is 15.5 Å². The first-order valence-corrected chi connectivity index (χ1v) is 11.5. The lowest BCUT2D eigenvalue weighted by Gasteiger charge is -2.35. The van der Waals surface area contributed by atoms with E-state index in [1.54, 1.807) is 29.2 Å². The largest absolute Gasteiger partial charge is 0.334 e. The number of allylic oxidation sites excluding steroid dienone is 1. The summed E-state index contributed by atoms with van der Waals surface area (Å²) < 4.78 is 19.1. The van der Waals surface area contributed by atoms with Gasteiger partial charge in [0.25, 0.3) is 5.89 Å². The van der Waals surface area contributed by atoms with Crippen LogP contribution in [0.1, 0.15) is 35.5 Å². The Kier molecular flexibility index (Phi) is 6.09. The second kappa shape index (κ2) is 9.35. The van der Waals surface area contributed by atoms with Crippen LogP contribution in [0.5, 0.6) is 0 Å². The van der Waals surface area contributed by atoms with E-state index >= 15 is 0 Å². The van der Waals surface area contributed by atoms with E-state index in [0.717, 1.165) is 22.3 Å². The van der Waals surface area contributed by atoms with Crippen LogP contribution in [0.15, 0.2) is 83.0 Å². The highest BCUT2D eigenvalue weighted by molar-refractivity contribution is 6.30. The van der Waals surface area contributed by atoms with Crippen LogP contribution in [0.3, 0.4) is 0 Å². The normalized spacial score (nSPS) is 15.9. The first kappa shape index (κ1) is 22.8. The average Bonchev–Trinajstić information content (AvgIpc) is 3.33. The lowest BCUT2D eigenvalue weighted by Crippen LogP contribution is -2.45. The third-order valence-electron chi connectivity index (χ3n) is 6.00. The number of hydrogen-bond acceptors (Lipinski definition) is 4. The van der Waals surface area contributed by atoms with Crippen LogP contribution < -0.4 is 5.32 Å². The Bertz CT molecular complexity index is 1410. The molecule has 3 aromatic carbocycles. The molecular formula is C27H22ClFN4O2. The van der Waals surface area contributed by atoms with Gasteiger partial charge in [-0.05, 0) is 49.2 Å². The SMILES string of the molecule is CC1=C(c2nc(-c3ccc(C)cc3)no2)C(c2cccc(Cl)c2)NC(=O)N1Cc1ccc(F)cc1. The molecule has 0 bridgehead atoms. The Morgan fingerprint density at radius 1 is 1.06 bits per heavy atom. The third-order valence-corrected chi connectivity index (χ3v) is 6.23. The maximum Gasteiger partial charge on any atom is 0.322 e. The molecule has 0 saturated heterocycles. The maximum absolute atomic E-state index is 13.4. The second-order valence-electron chi connectivity index (χ2n) is 8.44. The molecule has 4 aromatic rings. The molecule has 1 aliphatic rings. The molecule has 5 rings (SSSR count). The van der Waals surface area contributed by atoms with E-state index < -0.39 is 6.04 Å². The van der Waals surface area contributed by atoms with E-state index in [4.69, 9.17) is 16.1 Å². The smallest absolute Gasteiger partial charge is 0.322 e. The summed E-state index contributed by atoms with van der Waals surface area (Å²) in [6.45, 7) is 4.10. The van der Waals surface area contributed by atoms with Gasteiger partial charge in [-0.1, -0.05) is 70.9 Å². The van der Waals surface area contributed by atoms with E-state index in [9.17, 15) is 9.18 Å². The highest BCUT2D eigenvalue weighted by Crippen LogP contribution is 2.38. The predicted molar refractivity (Wildman–Crippen MR) is 132 cm³/mol. The van der Waals surface area contributed by atoms with Gasteiger partial charge in [0.1, 0.15) is 5.82 Å². The summed E-state index contributed by atoms with van der Waals surface area (Å²) in [4.78, 5) is 19.4. The molecule has 1 atom stereocenters. The minimum absolute atomic E-state index is 0.253.